The molecule has 1 atom stereocenters. The average Bonchev–Trinajstić information content (AvgIpc) is 3.00. The molecule has 8 nitrogen and oxygen atoms in total. The van der Waals surface area contributed by atoms with Crippen molar-refractivity contribution in [2.75, 3.05) is 31.1 Å². The maximum absolute atomic E-state index is 12.3. The number of hydrogen-bond donors (Lipinski definition) is 0. The Bertz CT molecular complexity index is 601. The van der Waals surface area contributed by atoms with Crippen LogP contribution in [0.1, 0.15) is 19.8 Å². The van der Waals surface area contributed by atoms with E-state index in [4.69, 9.17) is 4.74 Å². The van der Waals surface area contributed by atoms with Crippen LogP contribution < -0.4 is 9.64 Å². The summed E-state index contributed by atoms with van der Waals surface area (Å²) in [6.45, 7) is 4.94. The lowest BCUT2D eigenvalue weighted by Crippen LogP contribution is -2.47. The van der Waals surface area contributed by atoms with Gasteiger partial charge in [-0.3, -0.25) is 9.69 Å². The predicted molar refractivity (Wildman–Crippen MR) is 79.0 cm³/mol. The Morgan fingerprint density at radius 2 is 2.09 bits per heavy atom. The van der Waals surface area contributed by atoms with Gasteiger partial charge in [0.2, 0.25) is 0 Å². The molecule has 8 heteroatoms. The SMILES string of the molecule is CC1Oc2ccc([N+](=O)[O-])nc2N(CCN2CCCC2)C1=O. The summed E-state index contributed by atoms with van der Waals surface area (Å²) in [7, 11) is 0. The summed E-state index contributed by atoms with van der Waals surface area (Å²) in [6, 6.07) is 2.80. The number of carbonyl (C=O) groups is 1. The van der Waals surface area contributed by atoms with E-state index in [2.05, 4.69) is 9.88 Å². The predicted octanol–water partition coefficient (Wildman–Crippen LogP) is 1.20. The molecule has 1 saturated heterocycles. The van der Waals surface area contributed by atoms with Crippen LogP contribution in [0.5, 0.6) is 5.75 Å². The minimum absolute atomic E-state index is 0.209. The molecule has 1 aromatic rings. The molecule has 0 bridgehead atoms. The Balaban J connectivity index is 1.85. The van der Waals surface area contributed by atoms with E-state index in [-0.39, 0.29) is 17.5 Å². The van der Waals surface area contributed by atoms with Gasteiger partial charge in [-0.1, -0.05) is 0 Å². The second-order valence-electron chi connectivity index (χ2n) is 5.55. The quantitative estimate of drug-likeness (QED) is 0.613. The summed E-state index contributed by atoms with van der Waals surface area (Å²) in [5, 5.41) is 10.9. The van der Waals surface area contributed by atoms with Crippen molar-refractivity contribution in [1.29, 1.82) is 0 Å². The summed E-state index contributed by atoms with van der Waals surface area (Å²) in [5.41, 5.74) is 0. The van der Waals surface area contributed by atoms with E-state index in [0.717, 1.165) is 19.6 Å². The van der Waals surface area contributed by atoms with Gasteiger partial charge in [-0.15, -0.1) is 0 Å². The van der Waals surface area contributed by atoms with Crippen molar-refractivity contribution in [3.8, 4) is 5.75 Å². The molecule has 0 radical (unpaired) electrons. The van der Waals surface area contributed by atoms with Crippen molar-refractivity contribution in [2.45, 2.75) is 25.9 Å². The van der Waals surface area contributed by atoms with Gasteiger partial charge >= 0.3 is 5.82 Å². The molecule has 22 heavy (non-hydrogen) atoms. The zero-order valence-electron chi connectivity index (χ0n) is 12.4. The molecule has 2 aliphatic heterocycles. The van der Waals surface area contributed by atoms with Gasteiger partial charge in [0.05, 0.1) is 0 Å². The lowest BCUT2D eigenvalue weighted by atomic mass is 10.2. The van der Waals surface area contributed by atoms with E-state index in [1.54, 1.807) is 6.92 Å². The third-order valence-corrected chi connectivity index (χ3v) is 4.02. The molecule has 0 aliphatic carbocycles. The van der Waals surface area contributed by atoms with Crippen molar-refractivity contribution in [1.82, 2.24) is 9.88 Å². The molecular formula is C14H18N4O4. The van der Waals surface area contributed by atoms with Gasteiger partial charge in [0, 0.05) is 19.2 Å². The van der Waals surface area contributed by atoms with Crippen LogP contribution in [-0.2, 0) is 4.79 Å². The number of rotatable bonds is 4. The number of nitro groups is 1. The highest BCUT2D eigenvalue weighted by Crippen LogP contribution is 2.33. The van der Waals surface area contributed by atoms with E-state index in [9.17, 15) is 14.9 Å². The lowest BCUT2D eigenvalue weighted by molar-refractivity contribution is -0.389. The van der Waals surface area contributed by atoms with Gasteiger partial charge in [-0.2, -0.15) is 0 Å². The molecule has 2 aliphatic rings. The third kappa shape index (κ3) is 2.74. The zero-order valence-corrected chi connectivity index (χ0v) is 12.4. The number of aromatic nitrogens is 1. The summed E-state index contributed by atoms with van der Waals surface area (Å²) < 4.78 is 5.49. The number of pyridine rings is 1. The van der Waals surface area contributed by atoms with Crippen LogP contribution in [0.15, 0.2) is 12.1 Å². The Kier molecular flexibility index (Phi) is 3.93. The summed E-state index contributed by atoms with van der Waals surface area (Å²) >= 11 is 0. The fourth-order valence-corrected chi connectivity index (χ4v) is 2.84. The molecule has 1 amide bonds. The van der Waals surface area contributed by atoms with E-state index in [1.165, 1.54) is 29.9 Å². The molecule has 0 aromatic carbocycles. The van der Waals surface area contributed by atoms with Crippen molar-refractivity contribution in [3.05, 3.63) is 22.2 Å². The normalized spacial score (nSPS) is 21.6. The molecular weight excluding hydrogens is 288 g/mol. The number of likely N-dealkylation sites (tertiary alicyclic amines) is 1. The first-order valence-corrected chi connectivity index (χ1v) is 7.42. The maximum atomic E-state index is 12.3. The van der Waals surface area contributed by atoms with Crippen LogP contribution in [0, 0.1) is 10.1 Å². The van der Waals surface area contributed by atoms with Crippen LogP contribution in [-0.4, -0.2) is 53.0 Å². The first-order valence-electron chi connectivity index (χ1n) is 7.42. The summed E-state index contributed by atoms with van der Waals surface area (Å²) in [6.07, 6.45) is 1.75. The van der Waals surface area contributed by atoms with E-state index >= 15 is 0 Å². The standard InChI is InChI=1S/C14H18N4O4/c1-10-14(19)17(9-8-16-6-2-3-7-16)13-11(22-10)4-5-12(15-13)18(20)21/h4-5,10H,2-3,6-9H2,1H3. The number of fused-ring (bicyclic) bond motifs is 1. The van der Waals surface area contributed by atoms with E-state index < -0.39 is 11.0 Å². The Labute approximate surface area is 127 Å². The zero-order chi connectivity index (χ0) is 15.7. The van der Waals surface area contributed by atoms with Gasteiger partial charge in [0.25, 0.3) is 11.7 Å². The Morgan fingerprint density at radius 1 is 1.36 bits per heavy atom. The second kappa shape index (κ2) is 5.88. The smallest absolute Gasteiger partial charge is 0.366 e. The topological polar surface area (TPSA) is 88.8 Å². The molecule has 0 N–H and O–H groups in total. The van der Waals surface area contributed by atoms with Gasteiger partial charge in [-0.05, 0) is 48.8 Å². The van der Waals surface area contributed by atoms with Crippen molar-refractivity contribution in [3.63, 3.8) is 0 Å². The van der Waals surface area contributed by atoms with Crippen LogP contribution in [0.4, 0.5) is 11.6 Å². The highest BCUT2D eigenvalue weighted by molar-refractivity contribution is 5.98. The highest BCUT2D eigenvalue weighted by Gasteiger charge is 2.36. The third-order valence-electron chi connectivity index (χ3n) is 4.02. The van der Waals surface area contributed by atoms with Gasteiger partial charge in [-0.25, -0.2) is 0 Å². The first-order chi connectivity index (χ1) is 10.6. The fraction of sp³-hybridized carbons (Fsp3) is 0.571. The number of carbonyl (C=O) groups excluding carboxylic acids is 1. The van der Waals surface area contributed by atoms with Crippen molar-refractivity contribution < 1.29 is 14.5 Å². The summed E-state index contributed by atoms with van der Waals surface area (Å²) in [5.74, 6) is 0.172. The molecule has 0 spiro atoms. The van der Waals surface area contributed by atoms with Gasteiger partial charge < -0.3 is 19.8 Å². The van der Waals surface area contributed by atoms with Gasteiger partial charge in [0.15, 0.2) is 11.9 Å². The molecule has 118 valence electrons. The molecule has 3 heterocycles. The second-order valence-corrected chi connectivity index (χ2v) is 5.55. The number of hydrogen-bond acceptors (Lipinski definition) is 6. The average molecular weight is 306 g/mol. The Hall–Kier alpha value is -2.22. The van der Waals surface area contributed by atoms with Gasteiger partial charge in [0.1, 0.15) is 0 Å². The minimum Gasteiger partial charge on any atom is -0.475 e. The maximum Gasteiger partial charge on any atom is 0.366 e. The van der Waals surface area contributed by atoms with E-state index in [0.29, 0.717) is 12.3 Å². The molecule has 0 saturated carbocycles. The molecule has 3 rings (SSSR count). The highest BCUT2D eigenvalue weighted by atomic mass is 16.6. The largest absolute Gasteiger partial charge is 0.475 e. The van der Waals surface area contributed by atoms with Crippen LogP contribution in [0.2, 0.25) is 0 Å². The number of nitrogens with zero attached hydrogens (tertiary/aromatic N) is 4. The number of anilines is 1. The first kappa shape index (κ1) is 14.7. The lowest BCUT2D eigenvalue weighted by Gasteiger charge is -2.30. The Morgan fingerprint density at radius 3 is 2.77 bits per heavy atom. The fourth-order valence-electron chi connectivity index (χ4n) is 2.84. The van der Waals surface area contributed by atoms with Crippen LogP contribution in [0.25, 0.3) is 0 Å². The van der Waals surface area contributed by atoms with E-state index in [1.807, 2.05) is 0 Å². The summed E-state index contributed by atoms with van der Waals surface area (Å²) in [4.78, 5) is 30.5. The number of amides is 1. The van der Waals surface area contributed by atoms with Crippen molar-refractivity contribution >= 4 is 17.5 Å². The van der Waals surface area contributed by atoms with Crippen LogP contribution in [0.3, 0.4) is 0 Å². The van der Waals surface area contributed by atoms with Crippen molar-refractivity contribution in [2.24, 2.45) is 0 Å². The number of ether oxygens (including phenoxy) is 1. The van der Waals surface area contributed by atoms with Crippen LogP contribution >= 0.6 is 0 Å². The molecule has 1 aromatic heterocycles. The minimum atomic E-state index is -0.602. The molecule has 1 fully saturated rings. The monoisotopic (exact) mass is 306 g/mol. The molecule has 1 unspecified atom stereocenters.